The summed E-state index contributed by atoms with van der Waals surface area (Å²) in [5, 5.41) is -0.198. The van der Waals surface area contributed by atoms with Crippen LogP contribution in [0.25, 0.3) is 0 Å². The lowest BCUT2D eigenvalue weighted by Gasteiger charge is -2.41. The van der Waals surface area contributed by atoms with E-state index in [2.05, 4.69) is 4.90 Å². The Bertz CT molecular complexity index is 1020. The van der Waals surface area contributed by atoms with Crippen molar-refractivity contribution in [3.8, 4) is 5.75 Å². The Hall–Kier alpha value is -1.74. The highest BCUT2D eigenvalue weighted by atomic mass is 35.5. The van der Waals surface area contributed by atoms with Gasteiger partial charge in [-0.2, -0.15) is 4.31 Å². The van der Waals surface area contributed by atoms with Gasteiger partial charge in [-0.3, -0.25) is 0 Å². The van der Waals surface area contributed by atoms with Crippen LogP contribution in [0.4, 0.5) is 8.78 Å². The molecule has 0 amide bonds. The minimum Gasteiger partial charge on any atom is -0.487 e. The quantitative estimate of drug-likeness (QED) is 0.653. The van der Waals surface area contributed by atoms with Crippen LogP contribution in [0.15, 0.2) is 47.4 Å². The van der Waals surface area contributed by atoms with Crippen LogP contribution in [0.3, 0.4) is 0 Å². The normalized spacial score (nSPS) is 20.1. The third kappa shape index (κ3) is 5.03. The van der Waals surface area contributed by atoms with Gasteiger partial charge in [0.2, 0.25) is 10.0 Å². The standard InChI is InChI=1S/C22H25ClF2N2O3S/c23-19-15-18(5-6-20(19)24)31(28,29)27-13-7-16(8-14-27)26-11-9-17(10-12-26)30-22-4-2-1-3-21(22)25/h1-6,15-17H,7-14H2. The molecule has 2 fully saturated rings. The molecule has 0 unspecified atom stereocenters. The lowest BCUT2D eigenvalue weighted by Crippen LogP contribution is -2.50. The maximum Gasteiger partial charge on any atom is 0.243 e. The summed E-state index contributed by atoms with van der Waals surface area (Å²) in [6, 6.07) is 10.2. The summed E-state index contributed by atoms with van der Waals surface area (Å²) in [7, 11) is -3.69. The third-order valence-corrected chi connectivity index (χ3v) is 8.26. The Morgan fingerprint density at radius 1 is 0.903 bits per heavy atom. The summed E-state index contributed by atoms with van der Waals surface area (Å²) in [6.45, 7) is 2.50. The molecule has 0 spiro atoms. The van der Waals surface area contributed by atoms with Crippen LogP contribution in [0.5, 0.6) is 5.75 Å². The van der Waals surface area contributed by atoms with Crippen LogP contribution >= 0.6 is 11.6 Å². The number of likely N-dealkylation sites (tertiary alicyclic amines) is 1. The first-order valence-electron chi connectivity index (χ1n) is 10.4. The highest BCUT2D eigenvalue weighted by molar-refractivity contribution is 7.89. The van der Waals surface area contributed by atoms with Crippen molar-refractivity contribution in [1.29, 1.82) is 0 Å². The molecule has 2 heterocycles. The maximum absolute atomic E-state index is 13.8. The Balaban J connectivity index is 1.29. The molecule has 5 nitrogen and oxygen atoms in total. The first kappa shape index (κ1) is 22.5. The smallest absolute Gasteiger partial charge is 0.243 e. The first-order valence-corrected chi connectivity index (χ1v) is 12.3. The minimum atomic E-state index is -3.69. The maximum atomic E-state index is 13.8. The van der Waals surface area contributed by atoms with Crippen molar-refractivity contribution in [2.75, 3.05) is 26.2 Å². The van der Waals surface area contributed by atoms with Crippen molar-refractivity contribution in [3.63, 3.8) is 0 Å². The molecule has 168 valence electrons. The molecular weight excluding hydrogens is 446 g/mol. The van der Waals surface area contributed by atoms with E-state index in [1.54, 1.807) is 18.2 Å². The number of para-hydroxylation sites is 1. The summed E-state index contributed by atoms with van der Waals surface area (Å²) >= 11 is 5.76. The Morgan fingerprint density at radius 3 is 2.23 bits per heavy atom. The summed E-state index contributed by atoms with van der Waals surface area (Å²) in [5.74, 6) is -0.692. The van der Waals surface area contributed by atoms with Crippen molar-refractivity contribution >= 4 is 21.6 Å². The zero-order valence-electron chi connectivity index (χ0n) is 17.0. The number of hydrogen-bond donors (Lipinski definition) is 0. The number of benzene rings is 2. The molecule has 2 aromatic rings. The Kier molecular flexibility index (Phi) is 6.81. The van der Waals surface area contributed by atoms with Crippen molar-refractivity contribution < 1.29 is 21.9 Å². The SMILES string of the molecule is O=S(=O)(c1ccc(F)c(Cl)c1)N1CCC(N2CCC(Oc3ccccc3F)CC2)CC1. The molecule has 0 saturated carbocycles. The van der Waals surface area contributed by atoms with Gasteiger partial charge in [-0.1, -0.05) is 23.7 Å². The number of ether oxygens (including phenoxy) is 1. The van der Waals surface area contributed by atoms with E-state index in [9.17, 15) is 17.2 Å². The molecule has 31 heavy (non-hydrogen) atoms. The van der Waals surface area contributed by atoms with E-state index >= 15 is 0 Å². The summed E-state index contributed by atoms with van der Waals surface area (Å²) in [6.07, 6.45) is 3.05. The highest BCUT2D eigenvalue weighted by Crippen LogP contribution is 2.28. The van der Waals surface area contributed by atoms with Crippen LogP contribution in [0.1, 0.15) is 25.7 Å². The molecule has 0 bridgehead atoms. The van der Waals surface area contributed by atoms with Crippen LogP contribution < -0.4 is 4.74 Å². The van der Waals surface area contributed by atoms with Crippen LogP contribution in [-0.4, -0.2) is 55.9 Å². The van der Waals surface area contributed by atoms with Gasteiger partial charge in [-0.15, -0.1) is 0 Å². The van der Waals surface area contributed by atoms with Gasteiger partial charge in [-0.05, 0) is 56.0 Å². The zero-order chi connectivity index (χ0) is 22.0. The molecular formula is C22H25ClF2N2O3S. The topological polar surface area (TPSA) is 49.9 Å². The van der Waals surface area contributed by atoms with E-state index < -0.39 is 15.8 Å². The monoisotopic (exact) mass is 470 g/mol. The number of halogens is 3. The molecule has 0 N–H and O–H groups in total. The van der Waals surface area contributed by atoms with Gasteiger partial charge in [0.25, 0.3) is 0 Å². The summed E-state index contributed by atoms with van der Waals surface area (Å²) in [4.78, 5) is 2.39. The lowest BCUT2D eigenvalue weighted by atomic mass is 10.00. The van der Waals surface area contributed by atoms with Crippen LogP contribution in [0.2, 0.25) is 5.02 Å². The second-order valence-electron chi connectivity index (χ2n) is 7.99. The third-order valence-electron chi connectivity index (χ3n) is 6.08. The Labute approximate surface area is 186 Å². The molecule has 2 aliphatic heterocycles. The van der Waals surface area contributed by atoms with Crippen LogP contribution in [0, 0.1) is 11.6 Å². The van der Waals surface area contributed by atoms with Gasteiger partial charge in [0.15, 0.2) is 11.6 Å². The fraction of sp³-hybridized carbons (Fsp3) is 0.455. The first-order chi connectivity index (χ1) is 14.8. The molecule has 0 atom stereocenters. The molecule has 2 aromatic carbocycles. The minimum absolute atomic E-state index is 0.0168. The molecule has 0 aliphatic carbocycles. The van der Waals surface area contributed by atoms with E-state index in [0.29, 0.717) is 24.9 Å². The molecule has 0 radical (unpaired) electrons. The molecule has 2 saturated heterocycles. The van der Waals surface area contributed by atoms with E-state index in [0.717, 1.165) is 44.8 Å². The van der Waals surface area contributed by atoms with Crippen molar-refractivity contribution in [2.24, 2.45) is 0 Å². The number of piperidine rings is 2. The molecule has 0 aromatic heterocycles. The average Bonchev–Trinajstić information content (AvgIpc) is 2.78. The van der Waals surface area contributed by atoms with Crippen molar-refractivity contribution in [2.45, 2.75) is 42.7 Å². The van der Waals surface area contributed by atoms with Gasteiger partial charge in [0.1, 0.15) is 11.9 Å². The number of hydrogen-bond acceptors (Lipinski definition) is 4. The average molecular weight is 471 g/mol. The predicted molar refractivity (Wildman–Crippen MR) is 115 cm³/mol. The summed E-state index contributed by atoms with van der Waals surface area (Å²) < 4.78 is 60.2. The molecule has 4 rings (SSSR count). The number of sulfonamides is 1. The predicted octanol–water partition coefficient (Wildman–Crippen LogP) is 4.31. The fourth-order valence-electron chi connectivity index (χ4n) is 4.31. The number of nitrogens with zero attached hydrogens (tertiary/aromatic N) is 2. The van der Waals surface area contributed by atoms with Gasteiger partial charge in [-0.25, -0.2) is 17.2 Å². The van der Waals surface area contributed by atoms with Gasteiger partial charge < -0.3 is 9.64 Å². The molecule has 2 aliphatic rings. The summed E-state index contributed by atoms with van der Waals surface area (Å²) in [5.41, 5.74) is 0. The lowest BCUT2D eigenvalue weighted by molar-refractivity contribution is 0.0568. The van der Waals surface area contributed by atoms with E-state index in [1.807, 2.05) is 0 Å². The highest BCUT2D eigenvalue weighted by Gasteiger charge is 2.33. The fourth-order valence-corrected chi connectivity index (χ4v) is 6.05. The van der Waals surface area contributed by atoms with Crippen molar-refractivity contribution in [1.82, 2.24) is 9.21 Å². The van der Waals surface area contributed by atoms with E-state index in [1.165, 1.54) is 22.5 Å². The number of rotatable bonds is 5. The zero-order valence-corrected chi connectivity index (χ0v) is 18.6. The Morgan fingerprint density at radius 2 is 1.58 bits per heavy atom. The van der Waals surface area contributed by atoms with Crippen LogP contribution in [-0.2, 0) is 10.0 Å². The molecule has 9 heteroatoms. The largest absolute Gasteiger partial charge is 0.487 e. The van der Waals surface area contributed by atoms with E-state index in [-0.39, 0.29) is 21.8 Å². The van der Waals surface area contributed by atoms with E-state index in [4.69, 9.17) is 16.3 Å². The van der Waals surface area contributed by atoms with Gasteiger partial charge in [0.05, 0.1) is 9.92 Å². The second-order valence-corrected chi connectivity index (χ2v) is 10.3. The van der Waals surface area contributed by atoms with Gasteiger partial charge >= 0.3 is 0 Å². The van der Waals surface area contributed by atoms with Crippen molar-refractivity contribution in [3.05, 3.63) is 59.1 Å². The van der Waals surface area contributed by atoms with Gasteiger partial charge in [0, 0.05) is 32.2 Å². The second kappa shape index (κ2) is 9.40.